The number of alkyl halides is 1. The molecule has 2 amide bonds. The van der Waals surface area contributed by atoms with Gasteiger partial charge in [-0.2, -0.15) is 0 Å². The summed E-state index contributed by atoms with van der Waals surface area (Å²) in [5.74, 6) is 0.827. The molecule has 0 spiro atoms. The number of hydroxylamine groups is 2. The maximum Gasteiger partial charge on any atom is 0.233 e. The van der Waals surface area contributed by atoms with E-state index in [0.717, 1.165) is 18.4 Å². The minimum absolute atomic E-state index is 0.0432. The van der Waals surface area contributed by atoms with Gasteiger partial charge in [0.1, 0.15) is 25.2 Å². The van der Waals surface area contributed by atoms with Gasteiger partial charge in [-0.1, -0.05) is 19.8 Å². The number of carbonyl (C=O) groups is 2. The molecule has 3 heterocycles. The number of likely N-dealkylation sites (tertiary alicyclic amines) is 1. The van der Waals surface area contributed by atoms with Crippen LogP contribution in [0.15, 0.2) is 12.1 Å². The molecule has 1 aromatic carbocycles. The molecule has 1 aromatic heterocycles. The molecule has 0 radical (unpaired) electrons. The van der Waals surface area contributed by atoms with E-state index in [4.69, 9.17) is 9.47 Å². The number of H-pyrrole nitrogens is 1. The number of fused-ring (bicyclic) bond motifs is 2. The van der Waals surface area contributed by atoms with Crippen LogP contribution < -0.4 is 9.47 Å². The van der Waals surface area contributed by atoms with E-state index in [9.17, 15) is 19.2 Å². The summed E-state index contributed by atoms with van der Waals surface area (Å²) in [5.41, 5.74) is 1.37. The molecule has 0 unspecified atom stereocenters. The number of hydrogen-bond donors (Lipinski definition) is 2. The summed E-state index contributed by atoms with van der Waals surface area (Å²) in [7, 11) is 0. The number of aromatic amines is 1. The summed E-state index contributed by atoms with van der Waals surface area (Å²) in [5, 5.41) is 10.1. The Morgan fingerprint density at radius 2 is 2.16 bits per heavy atom. The summed E-state index contributed by atoms with van der Waals surface area (Å²) in [6.07, 6.45) is 1.36. The van der Waals surface area contributed by atoms with Crippen molar-refractivity contribution in [2.24, 2.45) is 5.92 Å². The number of hydrogen-bond acceptors (Lipinski definition) is 6. The average Bonchev–Trinajstić information content (AvgIpc) is 3.36. The Labute approximate surface area is 179 Å². The maximum atomic E-state index is 14.4. The molecule has 10 heteroatoms. The van der Waals surface area contributed by atoms with Crippen LogP contribution >= 0.6 is 0 Å². The predicted molar refractivity (Wildman–Crippen MR) is 109 cm³/mol. The Kier molecular flexibility index (Phi) is 6.26. The summed E-state index contributed by atoms with van der Waals surface area (Å²) in [6, 6.07) is 3.02. The zero-order valence-corrected chi connectivity index (χ0v) is 17.4. The summed E-state index contributed by atoms with van der Waals surface area (Å²) < 4.78 is 25.6. The van der Waals surface area contributed by atoms with Gasteiger partial charge in [-0.25, -0.2) is 14.4 Å². The summed E-state index contributed by atoms with van der Waals surface area (Å²) in [4.78, 5) is 33.4. The Morgan fingerprint density at radius 3 is 2.87 bits per heavy atom. The van der Waals surface area contributed by atoms with Gasteiger partial charge in [0.2, 0.25) is 12.3 Å². The largest absolute Gasteiger partial charge is 0.486 e. The second kappa shape index (κ2) is 9.09. The van der Waals surface area contributed by atoms with E-state index >= 15 is 0 Å². The van der Waals surface area contributed by atoms with Gasteiger partial charge < -0.3 is 19.4 Å². The number of nitrogens with one attached hydrogen (secondary N) is 1. The highest BCUT2D eigenvalue weighted by Crippen LogP contribution is 2.38. The Bertz CT molecular complexity index is 908. The smallest absolute Gasteiger partial charge is 0.233 e. The third kappa shape index (κ3) is 4.43. The number of halogens is 1. The fraction of sp³-hybridized carbons (Fsp3) is 0.571. The maximum absolute atomic E-state index is 14.4. The Morgan fingerprint density at radius 1 is 1.42 bits per heavy atom. The lowest BCUT2D eigenvalue weighted by Gasteiger charge is -2.28. The van der Waals surface area contributed by atoms with Crippen molar-refractivity contribution in [1.29, 1.82) is 0 Å². The molecule has 2 N–H and O–H groups in total. The number of aromatic nitrogens is 2. The first kappa shape index (κ1) is 21.4. The van der Waals surface area contributed by atoms with Gasteiger partial charge in [0.25, 0.3) is 0 Å². The lowest BCUT2D eigenvalue weighted by Crippen LogP contribution is -2.41. The third-order valence-corrected chi connectivity index (χ3v) is 5.80. The molecule has 4 rings (SSSR count). The molecular weight excluding hydrogens is 407 g/mol. The van der Waals surface area contributed by atoms with Gasteiger partial charge in [0.15, 0.2) is 11.5 Å². The van der Waals surface area contributed by atoms with E-state index in [1.54, 1.807) is 12.1 Å². The number of benzene rings is 1. The minimum Gasteiger partial charge on any atom is -0.486 e. The molecule has 2 aromatic rings. The zero-order valence-electron chi connectivity index (χ0n) is 17.4. The van der Waals surface area contributed by atoms with Crippen molar-refractivity contribution in [2.75, 3.05) is 26.3 Å². The van der Waals surface area contributed by atoms with Crippen LogP contribution in [0.4, 0.5) is 4.39 Å². The van der Waals surface area contributed by atoms with Crippen LogP contribution in [-0.2, 0) is 9.59 Å². The van der Waals surface area contributed by atoms with E-state index < -0.39 is 18.1 Å². The number of ether oxygens (including phenoxy) is 2. The SMILES string of the molecule is CCCC[C@H](CN(O)C=O)C(=O)N1C[C@H](F)C[C@H]1c1nc2cc3c(cc2[nH]1)OCCO3. The molecule has 2 aliphatic heterocycles. The molecule has 2 aliphatic rings. The second-order valence-corrected chi connectivity index (χ2v) is 8.04. The summed E-state index contributed by atoms with van der Waals surface area (Å²) >= 11 is 0. The van der Waals surface area contributed by atoms with Crippen LogP contribution in [0.2, 0.25) is 0 Å². The fourth-order valence-corrected chi connectivity index (χ4v) is 4.26. The summed E-state index contributed by atoms with van der Waals surface area (Å²) in [6.45, 7) is 2.76. The van der Waals surface area contributed by atoms with Gasteiger partial charge in [0.05, 0.1) is 36.1 Å². The number of nitrogens with zero attached hydrogens (tertiary/aromatic N) is 3. The van der Waals surface area contributed by atoms with Crippen LogP contribution in [0.3, 0.4) is 0 Å². The third-order valence-electron chi connectivity index (χ3n) is 5.80. The number of rotatable bonds is 8. The van der Waals surface area contributed by atoms with Gasteiger partial charge in [0, 0.05) is 18.6 Å². The lowest BCUT2D eigenvalue weighted by molar-refractivity contribution is -0.157. The van der Waals surface area contributed by atoms with Crippen molar-refractivity contribution in [2.45, 2.75) is 44.8 Å². The molecule has 168 valence electrons. The quantitative estimate of drug-likeness (QED) is 0.376. The molecule has 9 nitrogen and oxygen atoms in total. The number of imidazole rings is 1. The molecule has 1 saturated heterocycles. The Hall–Kier alpha value is -2.88. The first-order chi connectivity index (χ1) is 15.0. The highest BCUT2D eigenvalue weighted by atomic mass is 19.1. The van der Waals surface area contributed by atoms with Gasteiger partial charge >= 0.3 is 0 Å². The molecule has 0 aliphatic carbocycles. The zero-order chi connectivity index (χ0) is 22.0. The monoisotopic (exact) mass is 434 g/mol. The highest BCUT2D eigenvalue weighted by molar-refractivity contribution is 5.82. The molecule has 0 saturated carbocycles. The number of unbranched alkanes of at least 4 members (excludes halogenated alkanes) is 1. The van der Waals surface area contributed by atoms with Crippen LogP contribution in [-0.4, -0.2) is 69.9 Å². The van der Waals surface area contributed by atoms with E-state index in [2.05, 4.69) is 9.97 Å². The van der Waals surface area contributed by atoms with Crippen molar-refractivity contribution < 1.29 is 28.7 Å². The van der Waals surface area contributed by atoms with Gasteiger partial charge in [-0.3, -0.25) is 14.8 Å². The predicted octanol–water partition coefficient (Wildman–Crippen LogP) is 2.60. The standard InChI is InChI=1S/C21H27FN4O5/c1-2-3-4-13(10-25(29)12-27)21(28)26-11-14(22)7-17(26)20-23-15-8-18-19(9-16(15)24-20)31-6-5-30-18/h8-9,12-14,17,29H,2-7,10-11H2,1H3,(H,23,24)/t13-,14-,17+/m1/s1. The minimum atomic E-state index is -1.18. The van der Waals surface area contributed by atoms with Crippen LogP contribution in [0.25, 0.3) is 11.0 Å². The normalized spacial score (nSPS) is 21.3. The molecule has 3 atom stereocenters. The fourth-order valence-electron chi connectivity index (χ4n) is 4.26. The van der Waals surface area contributed by atoms with Crippen molar-refractivity contribution in [1.82, 2.24) is 19.9 Å². The van der Waals surface area contributed by atoms with E-state index in [0.29, 0.717) is 47.5 Å². The van der Waals surface area contributed by atoms with Crippen molar-refractivity contribution >= 4 is 23.4 Å². The number of amides is 2. The van der Waals surface area contributed by atoms with E-state index in [1.165, 1.54) is 4.90 Å². The number of carbonyl (C=O) groups excluding carboxylic acids is 2. The van der Waals surface area contributed by atoms with Crippen LogP contribution in [0.5, 0.6) is 11.5 Å². The lowest BCUT2D eigenvalue weighted by atomic mass is 9.99. The molecule has 1 fully saturated rings. The van der Waals surface area contributed by atoms with E-state index in [-0.39, 0.29) is 31.8 Å². The van der Waals surface area contributed by atoms with Crippen molar-refractivity contribution in [3.63, 3.8) is 0 Å². The second-order valence-electron chi connectivity index (χ2n) is 8.04. The first-order valence-electron chi connectivity index (χ1n) is 10.6. The van der Waals surface area contributed by atoms with Crippen LogP contribution in [0.1, 0.15) is 44.5 Å². The van der Waals surface area contributed by atoms with E-state index in [1.807, 2.05) is 6.92 Å². The molecular formula is C21H27FN4O5. The van der Waals surface area contributed by atoms with Gasteiger partial charge in [-0.05, 0) is 6.42 Å². The first-order valence-corrected chi connectivity index (χ1v) is 10.6. The topological polar surface area (TPSA) is 108 Å². The van der Waals surface area contributed by atoms with Crippen LogP contribution in [0, 0.1) is 5.92 Å². The molecule has 31 heavy (non-hydrogen) atoms. The average molecular weight is 434 g/mol. The highest BCUT2D eigenvalue weighted by Gasteiger charge is 2.40. The Balaban J connectivity index is 1.60. The van der Waals surface area contributed by atoms with Crippen molar-refractivity contribution in [3.8, 4) is 11.5 Å². The van der Waals surface area contributed by atoms with Crippen molar-refractivity contribution in [3.05, 3.63) is 18.0 Å². The van der Waals surface area contributed by atoms with Gasteiger partial charge in [-0.15, -0.1) is 0 Å². The molecule has 0 bridgehead atoms.